The summed E-state index contributed by atoms with van der Waals surface area (Å²) < 4.78 is 27.1. The van der Waals surface area contributed by atoms with E-state index in [9.17, 15) is 13.2 Å². The first-order valence-corrected chi connectivity index (χ1v) is 10.3. The minimum absolute atomic E-state index is 0.182. The van der Waals surface area contributed by atoms with E-state index >= 15 is 0 Å². The fourth-order valence-electron chi connectivity index (χ4n) is 2.35. The first-order valence-electron chi connectivity index (χ1n) is 8.36. The number of hydrogen-bond acceptors (Lipinski definition) is 6. The Labute approximate surface area is 162 Å². The SMILES string of the molecule is CCONC(=O)c1cnc(Cl)cc1Nc1ccccc1NS(=O)(=O)C1CC1. The highest BCUT2D eigenvalue weighted by Gasteiger charge is 2.36. The monoisotopic (exact) mass is 410 g/mol. The normalized spacial score (nSPS) is 13.9. The lowest BCUT2D eigenvalue weighted by molar-refractivity contribution is 0.0365. The van der Waals surface area contributed by atoms with Gasteiger partial charge in [-0.25, -0.2) is 18.9 Å². The molecule has 10 heteroatoms. The number of hydrogen-bond donors (Lipinski definition) is 3. The zero-order chi connectivity index (χ0) is 19.4. The molecule has 0 aliphatic heterocycles. The number of pyridine rings is 1. The molecule has 1 heterocycles. The molecular formula is C17H19ClN4O4S. The number of nitrogens with one attached hydrogen (secondary N) is 3. The number of carbonyl (C=O) groups excluding carboxylic acids is 1. The fourth-order valence-corrected chi connectivity index (χ4v) is 3.91. The number of hydroxylamine groups is 1. The fraction of sp³-hybridized carbons (Fsp3) is 0.294. The molecule has 2 aromatic rings. The Hall–Kier alpha value is -2.36. The highest BCUT2D eigenvalue weighted by Crippen LogP contribution is 2.33. The molecule has 8 nitrogen and oxygen atoms in total. The van der Waals surface area contributed by atoms with Crippen molar-refractivity contribution in [1.82, 2.24) is 10.5 Å². The molecule has 1 aliphatic rings. The van der Waals surface area contributed by atoms with Crippen LogP contribution in [0.5, 0.6) is 0 Å². The van der Waals surface area contributed by atoms with Gasteiger partial charge in [0.15, 0.2) is 0 Å². The molecule has 3 N–H and O–H groups in total. The number of para-hydroxylation sites is 2. The maximum Gasteiger partial charge on any atom is 0.278 e. The van der Waals surface area contributed by atoms with Crippen LogP contribution in [0.15, 0.2) is 36.5 Å². The van der Waals surface area contributed by atoms with E-state index in [1.54, 1.807) is 31.2 Å². The summed E-state index contributed by atoms with van der Waals surface area (Å²) in [6, 6.07) is 8.29. The second-order valence-electron chi connectivity index (χ2n) is 5.93. The van der Waals surface area contributed by atoms with Crippen molar-refractivity contribution >= 4 is 44.6 Å². The van der Waals surface area contributed by atoms with Crippen LogP contribution in [0.3, 0.4) is 0 Å². The first kappa shape index (κ1) is 19.4. The van der Waals surface area contributed by atoms with E-state index in [0.717, 1.165) is 0 Å². The lowest BCUT2D eigenvalue weighted by atomic mass is 10.2. The van der Waals surface area contributed by atoms with Crippen LogP contribution in [0.25, 0.3) is 0 Å². The number of benzene rings is 1. The number of amides is 1. The van der Waals surface area contributed by atoms with E-state index in [2.05, 4.69) is 20.5 Å². The van der Waals surface area contributed by atoms with Crippen molar-refractivity contribution in [2.75, 3.05) is 16.6 Å². The summed E-state index contributed by atoms with van der Waals surface area (Å²) in [5, 5.41) is 2.88. The predicted molar refractivity (Wildman–Crippen MR) is 104 cm³/mol. The lowest BCUT2D eigenvalue weighted by Crippen LogP contribution is -2.24. The maximum atomic E-state index is 12.3. The number of aromatic nitrogens is 1. The first-order chi connectivity index (χ1) is 12.9. The molecule has 0 bridgehead atoms. The second kappa shape index (κ2) is 8.12. The third-order valence-corrected chi connectivity index (χ3v) is 5.90. The van der Waals surface area contributed by atoms with Crippen LogP contribution < -0.4 is 15.5 Å². The van der Waals surface area contributed by atoms with Gasteiger partial charge in [0.25, 0.3) is 5.91 Å². The molecule has 0 atom stereocenters. The lowest BCUT2D eigenvalue weighted by Gasteiger charge is -2.16. The summed E-state index contributed by atoms with van der Waals surface area (Å²) in [6.45, 7) is 2.04. The molecular weight excluding hydrogens is 392 g/mol. The van der Waals surface area contributed by atoms with Crippen LogP contribution in [0.1, 0.15) is 30.1 Å². The molecule has 1 amide bonds. The molecule has 1 aromatic heterocycles. The van der Waals surface area contributed by atoms with Crippen LogP contribution in [0.2, 0.25) is 5.15 Å². The van der Waals surface area contributed by atoms with Crippen molar-refractivity contribution in [3.8, 4) is 0 Å². The van der Waals surface area contributed by atoms with E-state index in [-0.39, 0.29) is 16.0 Å². The molecule has 0 saturated heterocycles. The highest BCUT2D eigenvalue weighted by atomic mass is 35.5. The van der Waals surface area contributed by atoms with Crippen LogP contribution in [-0.4, -0.2) is 31.2 Å². The predicted octanol–water partition coefficient (Wildman–Crippen LogP) is 3.06. The van der Waals surface area contributed by atoms with Gasteiger partial charge < -0.3 is 5.32 Å². The van der Waals surface area contributed by atoms with Gasteiger partial charge in [-0.1, -0.05) is 23.7 Å². The molecule has 1 fully saturated rings. The molecule has 1 aromatic carbocycles. The largest absolute Gasteiger partial charge is 0.353 e. The summed E-state index contributed by atoms with van der Waals surface area (Å²) in [6.07, 6.45) is 2.63. The summed E-state index contributed by atoms with van der Waals surface area (Å²) in [5.74, 6) is -0.500. The molecule has 0 spiro atoms. The molecule has 1 aliphatic carbocycles. The Morgan fingerprint density at radius 1 is 1.26 bits per heavy atom. The van der Waals surface area contributed by atoms with Crippen molar-refractivity contribution in [1.29, 1.82) is 0 Å². The van der Waals surface area contributed by atoms with E-state index in [1.807, 2.05) is 0 Å². The van der Waals surface area contributed by atoms with Crippen LogP contribution >= 0.6 is 11.6 Å². The summed E-state index contributed by atoms with van der Waals surface area (Å²) >= 11 is 5.96. The third kappa shape index (κ3) is 4.88. The minimum atomic E-state index is -3.43. The summed E-state index contributed by atoms with van der Waals surface area (Å²) in [5.41, 5.74) is 3.73. The molecule has 27 heavy (non-hydrogen) atoms. The van der Waals surface area contributed by atoms with Gasteiger partial charge in [0.05, 0.1) is 34.5 Å². The van der Waals surface area contributed by atoms with Crippen LogP contribution in [-0.2, 0) is 14.9 Å². The smallest absolute Gasteiger partial charge is 0.278 e. The zero-order valence-corrected chi connectivity index (χ0v) is 16.1. The van der Waals surface area contributed by atoms with E-state index < -0.39 is 15.9 Å². The number of carbonyl (C=O) groups is 1. The minimum Gasteiger partial charge on any atom is -0.353 e. The second-order valence-corrected chi connectivity index (χ2v) is 8.28. The Morgan fingerprint density at radius 2 is 1.96 bits per heavy atom. The molecule has 3 rings (SSSR count). The van der Waals surface area contributed by atoms with E-state index in [1.165, 1.54) is 12.3 Å². The average molecular weight is 411 g/mol. The van der Waals surface area contributed by atoms with E-state index in [4.69, 9.17) is 16.4 Å². The molecule has 1 saturated carbocycles. The number of sulfonamides is 1. The van der Waals surface area contributed by atoms with Crippen LogP contribution in [0.4, 0.5) is 17.1 Å². The number of rotatable bonds is 8. The van der Waals surface area contributed by atoms with Gasteiger partial charge >= 0.3 is 0 Å². The maximum absolute atomic E-state index is 12.3. The van der Waals surface area contributed by atoms with Gasteiger partial charge in [-0.15, -0.1) is 0 Å². The van der Waals surface area contributed by atoms with Crippen LogP contribution in [0, 0.1) is 0 Å². The Morgan fingerprint density at radius 3 is 2.63 bits per heavy atom. The summed E-state index contributed by atoms with van der Waals surface area (Å²) in [7, 11) is -3.43. The molecule has 144 valence electrons. The third-order valence-electron chi connectivity index (χ3n) is 3.84. The quantitative estimate of drug-likeness (QED) is 0.455. The van der Waals surface area contributed by atoms with Gasteiger partial charge in [0.1, 0.15) is 5.15 Å². The van der Waals surface area contributed by atoms with Gasteiger partial charge in [-0.2, -0.15) is 0 Å². The molecule has 0 radical (unpaired) electrons. The number of halogens is 1. The molecule has 0 unspecified atom stereocenters. The Kier molecular flexibility index (Phi) is 5.83. The van der Waals surface area contributed by atoms with Gasteiger partial charge in [-0.05, 0) is 38.0 Å². The van der Waals surface area contributed by atoms with Crippen molar-refractivity contribution in [3.63, 3.8) is 0 Å². The topological polar surface area (TPSA) is 109 Å². The number of anilines is 3. The van der Waals surface area contributed by atoms with Crippen molar-refractivity contribution in [3.05, 3.63) is 47.2 Å². The average Bonchev–Trinajstić information content (AvgIpc) is 3.47. The van der Waals surface area contributed by atoms with Crippen molar-refractivity contribution < 1.29 is 18.0 Å². The highest BCUT2D eigenvalue weighted by molar-refractivity contribution is 7.93. The van der Waals surface area contributed by atoms with Crippen molar-refractivity contribution in [2.24, 2.45) is 0 Å². The van der Waals surface area contributed by atoms with Crippen molar-refractivity contribution in [2.45, 2.75) is 25.0 Å². The number of nitrogens with zero attached hydrogens (tertiary/aromatic N) is 1. The zero-order valence-electron chi connectivity index (χ0n) is 14.5. The summed E-state index contributed by atoms with van der Waals surface area (Å²) in [4.78, 5) is 21.1. The van der Waals surface area contributed by atoms with Gasteiger partial charge in [0, 0.05) is 6.20 Å². The van der Waals surface area contributed by atoms with Gasteiger partial charge in [-0.3, -0.25) is 14.4 Å². The van der Waals surface area contributed by atoms with Gasteiger partial charge in [0.2, 0.25) is 10.0 Å². The standard InChI is InChI=1S/C17H19ClN4O4S/c1-2-26-21-17(23)12-10-19-16(18)9-15(12)20-13-5-3-4-6-14(13)22-27(24,25)11-7-8-11/h3-6,9-11,22H,2,7-8H2,1H3,(H,19,20)(H,21,23). The van der Waals surface area contributed by atoms with E-state index in [0.29, 0.717) is 36.5 Å². The Bertz CT molecular complexity index is 948. The Balaban J connectivity index is 1.89.